The van der Waals surface area contributed by atoms with Crippen LogP contribution in [0.5, 0.6) is 0 Å². The van der Waals surface area contributed by atoms with Crippen LogP contribution >= 0.6 is 11.3 Å². The Morgan fingerprint density at radius 1 is 1.13 bits per heavy atom. The standard InChI is InChI=1S/C17H20N4OS/c22-17-2-1-14-15(21(17)11-13-3-6-18-7-4-13)5-9-20(14)12-16-19-8-10-23-16/h3-4,6-8,10,14-15H,1-2,5,9,11-12H2/t14-,15-/m0/s1. The van der Waals surface area contributed by atoms with Crippen molar-refractivity contribution >= 4 is 17.2 Å². The van der Waals surface area contributed by atoms with Crippen LogP contribution in [0.1, 0.15) is 29.8 Å². The SMILES string of the molecule is O=C1CC[C@H]2[C@H](CCN2Cc2nccs2)N1Cc1ccncc1. The number of carbonyl (C=O) groups is 1. The molecule has 2 fully saturated rings. The summed E-state index contributed by atoms with van der Waals surface area (Å²) < 4.78 is 0. The summed E-state index contributed by atoms with van der Waals surface area (Å²) >= 11 is 1.71. The van der Waals surface area contributed by atoms with Crippen LogP contribution in [0.3, 0.4) is 0 Å². The van der Waals surface area contributed by atoms with Crippen LogP contribution in [0.25, 0.3) is 0 Å². The van der Waals surface area contributed by atoms with Gasteiger partial charge in [0.15, 0.2) is 0 Å². The highest BCUT2D eigenvalue weighted by Gasteiger charge is 2.42. The van der Waals surface area contributed by atoms with Crippen LogP contribution < -0.4 is 0 Å². The molecular weight excluding hydrogens is 308 g/mol. The van der Waals surface area contributed by atoms with Crippen LogP contribution in [0, 0.1) is 0 Å². The van der Waals surface area contributed by atoms with Gasteiger partial charge in [0, 0.05) is 55.6 Å². The largest absolute Gasteiger partial charge is 0.334 e. The van der Waals surface area contributed by atoms with Gasteiger partial charge in [0.1, 0.15) is 5.01 Å². The van der Waals surface area contributed by atoms with E-state index >= 15 is 0 Å². The lowest BCUT2D eigenvalue weighted by atomic mass is 9.95. The summed E-state index contributed by atoms with van der Waals surface area (Å²) in [5, 5.41) is 3.20. The molecule has 0 N–H and O–H groups in total. The molecule has 4 heterocycles. The molecule has 2 aromatic heterocycles. The molecule has 2 atom stereocenters. The minimum Gasteiger partial charge on any atom is -0.334 e. The van der Waals surface area contributed by atoms with Gasteiger partial charge in [-0.25, -0.2) is 4.98 Å². The van der Waals surface area contributed by atoms with Gasteiger partial charge in [-0.3, -0.25) is 14.7 Å². The molecule has 0 unspecified atom stereocenters. The zero-order chi connectivity index (χ0) is 15.6. The van der Waals surface area contributed by atoms with Crippen LogP contribution in [-0.4, -0.2) is 44.3 Å². The predicted molar refractivity (Wildman–Crippen MR) is 88.7 cm³/mol. The molecule has 0 aromatic carbocycles. The number of hydrogen-bond acceptors (Lipinski definition) is 5. The lowest BCUT2D eigenvalue weighted by Gasteiger charge is -2.39. The zero-order valence-electron chi connectivity index (χ0n) is 13.0. The number of fused-ring (bicyclic) bond motifs is 1. The van der Waals surface area contributed by atoms with Gasteiger partial charge in [-0.1, -0.05) is 0 Å². The Balaban J connectivity index is 1.49. The number of likely N-dealkylation sites (tertiary alicyclic amines) is 2. The van der Waals surface area contributed by atoms with E-state index in [-0.39, 0.29) is 0 Å². The molecule has 0 saturated carbocycles. The number of piperidine rings is 1. The van der Waals surface area contributed by atoms with Crippen molar-refractivity contribution < 1.29 is 4.79 Å². The average Bonchev–Trinajstić information content (AvgIpc) is 3.22. The maximum atomic E-state index is 12.4. The summed E-state index contributed by atoms with van der Waals surface area (Å²) in [6.07, 6.45) is 8.15. The lowest BCUT2D eigenvalue weighted by molar-refractivity contribution is -0.138. The molecule has 4 rings (SSSR count). The third kappa shape index (κ3) is 3.01. The van der Waals surface area contributed by atoms with Gasteiger partial charge in [-0.15, -0.1) is 11.3 Å². The second kappa shape index (κ2) is 6.37. The second-order valence-electron chi connectivity index (χ2n) is 6.24. The molecule has 5 nitrogen and oxygen atoms in total. The molecule has 2 aromatic rings. The topological polar surface area (TPSA) is 49.3 Å². The summed E-state index contributed by atoms with van der Waals surface area (Å²) in [5.41, 5.74) is 1.16. The fourth-order valence-corrected chi connectivity index (χ4v) is 4.47. The number of amides is 1. The third-order valence-corrected chi connectivity index (χ3v) is 5.69. The van der Waals surface area contributed by atoms with Crippen molar-refractivity contribution in [1.29, 1.82) is 0 Å². The maximum absolute atomic E-state index is 12.4. The first kappa shape index (κ1) is 14.8. The van der Waals surface area contributed by atoms with E-state index in [4.69, 9.17) is 0 Å². The van der Waals surface area contributed by atoms with Gasteiger partial charge >= 0.3 is 0 Å². The monoisotopic (exact) mass is 328 g/mol. The minimum atomic E-state index is 0.291. The predicted octanol–water partition coefficient (Wildman–Crippen LogP) is 2.30. The normalized spacial score (nSPS) is 24.9. The van der Waals surface area contributed by atoms with Gasteiger partial charge in [0.05, 0.1) is 6.54 Å². The Bertz CT molecular complexity index is 660. The Hall–Kier alpha value is -1.79. The molecular formula is C17H20N4OS. The second-order valence-corrected chi connectivity index (χ2v) is 7.21. The number of carbonyl (C=O) groups excluding carboxylic acids is 1. The van der Waals surface area contributed by atoms with Crippen LogP contribution in [0.15, 0.2) is 36.1 Å². The molecule has 23 heavy (non-hydrogen) atoms. The maximum Gasteiger partial charge on any atom is 0.223 e. The quantitative estimate of drug-likeness (QED) is 0.864. The van der Waals surface area contributed by atoms with E-state index in [1.807, 2.05) is 23.7 Å². The molecule has 0 bridgehead atoms. The van der Waals surface area contributed by atoms with E-state index in [2.05, 4.69) is 19.8 Å². The number of rotatable bonds is 4. The van der Waals surface area contributed by atoms with E-state index in [9.17, 15) is 4.79 Å². The van der Waals surface area contributed by atoms with E-state index < -0.39 is 0 Å². The smallest absolute Gasteiger partial charge is 0.223 e. The van der Waals surface area contributed by atoms with Crippen LogP contribution in [-0.2, 0) is 17.9 Å². The fraction of sp³-hybridized carbons (Fsp3) is 0.471. The molecule has 1 amide bonds. The van der Waals surface area contributed by atoms with E-state index in [1.54, 1.807) is 23.7 Å². The summed E-state index contributed by atoms with van der Waals surface area (Å²) in [5.74, 6) is 0.291. The van der Waals surface area contributed by atoms with Gasteiger partial charge in [-0.05, 0) is 30.5 Å². The van der Waals surface area contributed by atoms with E-state index in [1.165, 1.54) is 5.01 Å². The molecule has 6 heteroatoms. The zero-order valence-corrected chi connectivity index (χ0v) is 13.8. The molecule has 0 aliphatic carbocycles. The summed E-state index contributed by atoms with van der Waals surface area (Å²) in [6.45, 7) is 2.67. The summed E-state index contributed by atoms with van der Waals surface area (Å²) in [7, 11) is 0. The first-order valence-electron chi connectivity index (χ1n) is 8.12. The van der Waals surface area contributed by atoms with Crippen molar-refractivity contribution in [1.82, 2.24) is 19.8 Å². The molecule has 120 valence electrons. The highest BCUT2D eigenvalue weighted by atomic mass is 32.1. The van der Waals surface area contributed by atoms with Crippen LogP contribution in [0.2, 0.25) is 0 Å². The Labute approximate surface area is 140 Å². The average molecular weight is 328 g/mol. The number of hydrogen-bond donors (Lipinski definition) is 0. The van der Waals surface area contributed by atoms with Crippen molar-refractivity contribution in [3.8, 4) is 0 Å². The number of thiazole rings is 1. The number of pyridine rings is 1. The van der Waals surface area contributed by atoms with E-state index in [0.29, 0.717) is 31.0 Å². The van der Waals surface area contributed by atoms with Crippen molar-refractivity contribution in [2.24, 2.45) is 0 Å². The van der Waals surface area contributed by atoms with Crippen molar-refractivity contribution in [3.05, 3.63) is 46.7 Å². The Kier molecular flexibility index (Phi) is 4.10. The van der Waals surface area contributed by atoms with Crippen molar-refractivity contribution in [2.45, 2.75) is 44.4 Å². The minimum absolute atomic E-state index is 0.291. The summed E-state index contributed by atoms with van der Waals surface area (Å²) in [4.78, 5) is 25.5. The summed E-state index contributed by atoms with van der Waals surface area (Å²) in [6, 6.07) is 4.81. The molecule has 0 radical (unpaired) electrons. The first-order chi connectivity index (χ1) is 11.3. The molecule has 2 aliphatic rings. The third-order valence-electron chi connectivity index (χ3n) is 4.92. The van der Waals surface area contributed by atoms with Gasteiger partial charge < -0.3 is 4.90 Å². The van der Waals surface area contributed by atoms with Crippen molar-refractivity contribution in [2.75, 3.05) is 6.54 Å². The highest BCUT2D eigenvalue weighted by Crippen LogP contribution is 2.33. The van der Waals surface area contributed by atoms with Gasteiger partial charge in [-0.2, -0.15) is 0 Å². The molecule has 2 aliphatic heterocycles. The van der Waals surface area contributed by atoms with Crippen molar-refractivity contribution in [3.63, 3.8) is 0 Å². The number of aromatic nitrogens is 2. The number of nitrogens with zero attached hydrogens (tertiary/aromatic N) is 4. The fourth-order valence-electron chi connectivity index (χ4n) is 3.83. The first-order valence-corrected chi connectivity index (χ1v) is 9.00. The lowest BCUT2D eigenvalue weighted by Crippen LogP contribution is -2.51. The molecule has 0 spiro atoms. The Morgan fingerprint density at radius 2 is 2.00 bits per heavy atom. The van der Waals surface area contributed by atoms with Gasteiger partial charge in [0.25, 0.3) is 0 Å². The Morgan fingerprint density at radius 3 is 2.78 bits per heavy atom. The van der Waals surface area contributed by atoms with Gasteiger partial charge in [0.2, 0.25) is 5.91 Å². The van der Waals surface area contributed by atoms with E-state index in [0.717, 1.165) is 31.5 Å². The highest BCUT2D eigenvalue weighted by molar-refractivity contribution is 7.09. The van der Waals surface area contributed by atoms with Crippen LogP contribution in [0.4, 0.5) is 0 Å². The molecule has 2 saturated heterocycles.